The zero-order valence-corrected chi connectivity index (χ0v) is 12.6. The molecule has 0 bridgehead atoms. The summed E-state index contributed by atoms with van der Waals surface area (Å²) in [5.74, 6) is -0.0260. The molecule has 1 aromatic carbocycles. The highest BCUT2D eigenvalue weighted by molar-refractivity contribution is 7.91. The third-order valence-corrected chi connectivity index (χ3v) is 5.09. The van der Waals surface area contributed by atoms with Crippen molar-refractivity contribution in [1.29, 1.82) is 5.26 Å². The predicted octanol–water partition coefficient (Wildman–Crippen LogP) is 3.03. The first kappa shape index (κ1) is 15.8. The zero-order chi connectivity index (χ0) is 14.7. The second-order valence-corrected chi connectivity index (χ2v) is 7.59. The van der Waals surface area contributed by atoms with Gasteiger partial charge < -0.3 is 5.73 Å². The van der Waals surface area contributed by atoms with Crippen molar-refractivity contribution in [3.05, 3.63) is 23.2 Å². The van der Waals surface area contributed by atoms with Crippen molar-refractivity contribution in [2.24, 2.45) is 5.41 Å². The number of anilines is 1. The SMILES string of the molecule is CC(C)(C#N)CCCS(=O)(=O)c1ccc(N)cc1Cl. The van der Waals surface area contributed by atoms with Gasteiger partial charge in [-0.25, -0.2) is 8.42 Å². The molecular weight excluding hydrogens is 284 g/mol. The Morgan fingerprint density at radius 1 is 1.42 bits per heavy atom. The minimum absolute atomic E-state index is 0.0260. The van der Waals surface area contributed by atoms with Crippen LogP contribution in [0.4, 0.5) is 5.69 Å². The molecule has 0 aliphatic heterocycles. The summed E-state index contributed by atoms with van der Waals surface area (Å²) in [7, 11) is -3.44. The van der Waals surface area contributed by atoms with E-state index >= 15 is 0 Å². The van der Waals surface area contributed by atoms with Crippen LogP contribution in [0.2, 0.25) is 5.02 Å². The second-order valence-electron chi connectivity index (χ2n) is 5.11. The van der Waals surface area contributed by atoms with E-state index in [4.69, 9.17) is 22.6 Å². The summed E-state index contributed by atoms with van der Waals surface area (Å²) < 4.78 is 24.3. The first-order valence-corrected chi connectivity index (χ1v) is 7.90. The Balaban J connectivity index is 2.80. The van der Waals surface area contributed by atoms with Gasteiger partial charge in [0.15, 0.2) is 9.84 Å². The average Bonchev–Trinajstić information content (AvgIpc) is 2.27. The molecule has 19 heavy (non-hydrogen) atoms. The summed E-state index contributed by atoms with van der Waals surface area (Å²) in [5, 5.41) is 9.02. The number of nitrogen functional groups attached to an aromatic ring is 1. The van der Waals surface area contributed by atoms with E-state index in [0.717, 1.165) is 0 Å². The maximum Gasteiger partial charge on any atom is 0.179 e. The van der Waals surface area contributed by atoms with E-state index < -0.39 is 15.3 Å². The molecule has 6 heteroatoms. The van der Waals surface area contributed by atoms with Gasteiger partial charge in [-0.3, -0.25) is 0 Å². The van der Waals surface area contributed by atoms with Crippen LogP contribution in [0.25, 0.3) is 0 Å². The first-order chi connectivity index (χ1) is 8.68. The van der Waals surface area contributed by atoms with Crippen molar-refractivity contribution >= 4 is 27.1 Å². The monoisotopic (exact) mass is 300 g/mol. The number of nitrogens with zero attached hydrogens (tertiary/aromatic N) is 1. The van der Waals surface area contributed by atoms with Gasteiger partial charge in [-0.2, -0.15) is 5.26 Å². The molecule has 0 aliphatic rings. The summed E-state index contributed by atoms with van der Waals surface area (Å²) in [6, 6.07) is 6.50. The molecule has 0 radical (unpaired) electrons. The quantitative estimate of drug-likeness (QED) is 0.847. The molecule has 0 saturated carbocycles. The van der Waals surface area contributed by atoms with Gasteiger partial charge in [0, 0.05) is 5.69 Å². The van der Waals surface area contributed by atoms with Gasteiger partial charge in [0.1, 0.15) is 0 Å². The van der Waals surface area contributed by atoms with Gasteiger partial charge in [-0.1, -0.05) is 11.6 Å². The van der Waals surface area contributed by atoms with Crippen LogP contribution in [-0.4, -0.2) is 14.2 Å². The van der Waals surface area contributed by atoms with Crippen LogP contribution in [0.5, 0.6) is 0 Å². The van der Waals surface area contributed by atoms with Crippen molar-refractivity contribution in [2.45, 2.75) is 31.6 Å². The number of benzene rings is 1. The van der Waals surface area contributed by atoms with Gasteiger partial charge >= 0.3 is 0 Å². The molecule has 0 unspecified atom stereocenters. The molecular formula is C13H17ClN2O2S. The van der Waals surface area contributed by atoms with Gasteiger partial charge in [0.05, 0.1) is 27.2 Å². The summed E-state index contributed by atoms with van der Waals surface area (Å²) in [4.78, 5) is 0.0955. The first-order valence-electron chi connectivity index (χ1n) is 5.87. The standard InChI is InChI=1S/C13H17ClN2O2S/c1-13(2,9-15)6-3-7-19(17,18)12-5-4-10(16)8-11(12)14/h4-5,8H,3,6-7,16H2,1-2H3. The molecule has 1 rings (SSSR count). The number of sulfone groups is 1. The van der Waals surface area contributed by atoms with E-state index in [1.165, 1.54) is 18.2 Å². The largest absolute Gasteiger partial charge is 0.399 e. The lowest BCUT2D eigenvalue weighted by Gasteiger charge is -2.14. The third-order valence-electron chi connectivity index (χ3n) is 2.81. The Kier molecular flexibility index (Phi) is 4.83. The Morgan fingerprint density at radius 3 is 2.58 bits per heavy atom. The molecule has 1 aromatic rings. The fourth-order valence-electron chi connectivity index (χ4n) is 1.64. The molecule has 0 aliphatic carbocycles. The number of rotatable bonds is 5. The van der Waals surface area contributed by atoms with Crippen molar-refractivity contribution in [3.63, 3.8) is 0 Å². The van der Waals surface area contributed by atoms with Gasteiger partial charge in [-0.15, -0.1) is 0 Å². The molecule has 0 spiro atoms. The highest BCUT2D eigenvalue weighted by Crippen LogP contribution is 2.27. The van der Waals surface area contributed by atoms with Gasteiger partial charge in [0.2, 0.25) is 0 Å². The maximum atomic E-state index is 12.1. The summed E-state index contributed by atoms with van der Waals surface area (Å²) >= 11 is 5.90. The van der Waals surface area contributed by atoms with Crippen LogP contribution in [0.3, 0.4) is 0 Å². The minimum atomic E-state index is -3.44. The van der Waals surface area contributed by atoms with Crippen LogP contribution >= 0.6 is 11.6 Å². The van der Waals surface area contributed by atoms with E-state index in [-0.39, 0.29) is 15.7 Å². The number of halogens is 1. The Hall–Kier alpha value is -1.25. The lowest BCUT2D eigenvalue weighted by molar-refractivity contribution is 0.445. The third kappa shape index (κ3) is 4.41. The van der Waals surface area contributed by atoms with Crippen molar-refractivity contribution < 1.29 is 8.42 Å². The average molecular weight is 301 g/mol. The number of hydrogen-bond acceptors (Lipinski definition) is 4. The molecule has 0 amide bonds. The molecule has 0 aromatic heterocycles. The topological polar surface area (TPSA) is 84.0 Å². The van der Waals surface area contributed by atoms with E-state index in [0.29, 0.717) is 18.5 Å². The smallest absolute Gasteiger partial charge is 0.179 e. The molecule has 4 nitrogen and oxygen atoms in total. The van der Waals surface area contributed by atoms with Crippen molar-refractivity contribution in [1.82, 2.24) is 0 Å². The molecule has 2 N–H and O–H groups in total. The zero-order valence-electron chi connectivity index (χ0n) is 11.0. The second kappa shape index (κ2) is 5.81. The number of hydrogen-bond donors (Lipinski definition) is 1. The molecule has 0 saturated heterocycles. The summed E-state index contributed by atoms with van der Waals surface area (Å²) in [5.41, 5.74) is 5.44. The van der Waals surface area contributed by atoms with Crippen LogP contribution in [0, 0.1) is 16.7 Å². The van der Waals surface area contributed by atoms with Crippen LogP contribution < -0.4 is 5.73 Å². The summed E-state index contributed by atoms with van der Waals surface area (Å²) in [6.07, 6.45) is 0.943. The summed E-state index contributed by atoms with van der Waals surface area (Å²) in [6.45, 7) is 3.58. The number of nitrogens with two attached hydrogens (primary N) is 1. The normalized spacial score (nSPS) is 12.1. The Bertz CT molecular complexity index is 604. The Labute approximate surface area is 119 Å². The molecule has 0 heterocycles. The van der Waals surface area contributed by atoms with Crippen molar-refractivity contribution in [2.75, 3.05) is 11.5 Å². The van der Waals surface area contributed by atoms with E-state index in [2.05, 4.69) is 6.07 Å². The van der Waals surface area contributed by atoms with Gasteiger partial charge in [0.25, 0.3) is 0 Å². The van der Waals surface area contributed by atoms with E-state index in [9.17, 15) is 8.42 Å². The lowest BCUT2D eigenvalue weighted by Crippen LogP contribution is -2.13. The fraction of sp³-hybridized carbons (Fsp3) is 0.462. The van der Waals surface area contributed by atoms with Gasteiger partial charge in [-0.05, 0) is 44.9 Å². The molecule has 0 atom stereocenters. The van der Waals surface area contributed by atoms with Crippen LogP contribution in [0.15, 0.2) is 23.1 Å². The van der Waals surface area contributed by atoms with E-state index in [1.54, 1.807) is 13.8 Å². The molecule has 0 fully saturated rings. The Morgan fingerprint density at radius 2 is 2.05 bits per heavy atom. The molecule has 104 valence electrons. The predicted molar refractivity (Wildman–Crippen MR) is 76.5 cm³/mol. The highest BCUT2D eigenvalue weighted by Gasteiger charge is 2.21. The maximum absolute atomic E-state index is 12.1. The minimum Gasteiger partial charge on any atom is -0.399 e. The fourth-order valence-corrected chi connectivity index (χ4v) is 3.56. The van der Waals surface area contributed by atoms with Crippen LogP contribution in [-0.2, 0) is 9.84 Å². The van der Waals surface area contributed by atoms with E-state index in [1.807, 2.05) is 0 Å². The lowest BCUT2D eigenvalue weighted by atomic mass is 9.90. The number of nitriles is 1. The van der Waals surface area contributed by atoms with Crippen LogP contribution in [0.1, 0.15) is 26.7 Å². The van der Waals surface area contributed by atoms with Crippen molar-refractivity contribution in [3.8, 4) is 6.07 Å². The highest BCUT2D eigenvalue weighted by atomic mass is 35.5.